The second kappa shape index (κ2) is 9.94. The highest BCUT2D eigenvalue weighted by molar-refractivity contribution is 5.76. The predicted molar refractivity (Wildman–Crippen MR) is 122 cm³/mol. The third-order valence-electron chi connectivity index (χ3n) is 5.19. The lowest BCUT2D eigenvalue weighted by Crippen LogP contribution is -2.37. The molecule has 32 heavy (non-hydrogen) atoms. The number of hydrogen-bond acceptors (Lipinski definition) is 9. The van der Waals surface area contributed by atoms with Gasteiger partial charge in [0.2, 0.25) is 5.95 Å². The Kier molecular flexibility index (Phi) is 6.63. The van der Waals surface area contributed by atoms with Crippen LogP contribution in [0.25, 0.3) is 11.1 Å². The maximum absolute atomic E-state index is 9.40. The van der Waals surface area contributed by atoms with Crippen molar-refractivity contribution in [1.82, 2.24) is 20.3 Å². The Balaban J connectivity index is 1.55. The van der Waals surface area contributed by atoms with Crippen molar-refractivity contribution in [3.05, 3.63) is 48.4 Å². The Morgan fingerprint density at radius 1 is 1.19 bits per heavy atom. The molecule has 3 N–H and O–H groups in total. The Morgan fingerprint density at radius 2 is 2.03 bits per heavy atom. The minimum atomic E-state index is 0.0174. The van der Waals surface area contributed by atoms with E-state index in [-0.39, 0.29) is 11.8 Å². The van der Waals surface area contributed by atoms with Crippen molar-refractivity contribution in [2.45, 2.75) is 18.9 Å². The van der Waals surface area contributed by atoms with Gasteiger partial charge < -0.3 is 25.4 Å². The first-order chi connectivity index (χ1) is 15.7. The number of anilines is 3. The number of aromatic nitrogens is 3. The number of rotatable bonds is 7. The number of methoxy groups -OCH3 is 1. The lowest BCUT2D eigenvalue weighted by atomic mass is 10.1. The summed E-state index contributed by atoms with van der Waals surface area (Å²) in [5.41, 5.74) is 2.74. The topological polar surface area (TPSA) is 117 Å². The van der Waals surface area contributed by atoms with Crippen molar-refractivity contribution < 1.29 is 9.47 Å². The molecular weight excluding hydrogens is 406 g/mol. The smallest absolute Gasteiger partial charge is 0.229 e. The van der Waals surface area contributed by atoms with Gasteiger partial charge in [0, 0.05) is 31.4 Å². The molecule has 4 rings (SSSR count). The van der Waals surface area contributed by atoms with Gasteiger partial charge in [-0.2, -0.15) is 10.2 Å². The molecule has 1 unspecified atom stereocenters. The summed E-state index contributed by atoms with van der Waals surface area (Å²) in [5.74, 6) is 2.33. The molecule has 3 aromatic rings. The highest BCUT2D eigenvalue weighted by Gasteiger charge is 2.18. The van der Waals surface area contributed by atoms with Gasteiger partial charge in [0.15, 0.2) is 11.4 Å². The molecule has 0 saturated carbocycles. The molecule has 0 radical (unpaired) electrons. The summed E-state index contributed by atoms with van der Waals surface area (Å²) in [6.45, 7) is 1.74. The summed E-state index contributed by atoms with van der Waals surface area (Å²) in [5, 5.41) is 19.0. The van der Waals surface area contributed by atoms with Crippen molar-refractivity contribution in [2.75, 3.05) is 37.9 Å². The van der Waals surface area contributed by atoms with E-state index in [0.29, 0.717) is 23.2 Å². The second-order valence-electron chi connectivity index (χ2n) is 7.33. The lowest BCUT2D eigenvalue weighted by Gasteiger charge is -2.24. The van der Waals surface area contributed by atoms with Crippen LogP contribution >= 0.6 is 0 Å². The number of nitriles is 1. The zero-order valence-corrected chi connectivity index (χ0v) is 18.1. The number of nitrogens with zero attached hydrogens (tertiary/aromatic N) is 4. The van der Waals surface area contributed by atoms with E-state index in [4.69, 9.17) is 9.47 Å². The second-order valence-corrected chi connectivity index (χ2v) is 7.33. The molecule has 1 aliphatic heterocycles. The van der Waals surface area contributed by atoms with Gasteiger partial charge in [-0.1, -0.05) is 12.1 Å². The number of ether oxygens (including phenoxy) is 2. The molecule has 164 valence electrons. The fourth-order valence-electron chi connectivity index (χ4n) is 3.53. The van der Waals surface area contributed by atoms with Gasteiger partial charge in [-0.15, -0.1) is 0 Å². The van der Waals surface area contributed by atoms with E-state index in [1.807, 2.05) is 31.3 Å². The average Bonchev–Trinajstić information content (AvgIpc) is 2.85. The monoisotopic (exact) mass is 431 g/mol. The largest absolute Gasteiger partial charge is 0.497 e. The number of benzene rings is 1. The normalized spacial score (nSPS) is 15.5. The highest BCUT2D eigenvalue weighted by Crippen LogP contribution is 2.29. The van der Waals surface area contributed by atoms with E-state index in [2.05, 4.69) is 37.0 Å². The van der Waals surface area contributed by atoms with Crippen LogP contribution in [-0.2, 0) is 0 Å². The molecule has 0 bridgehead atoms. The highest BCUT2D eigenvalue weighted by atomic mass is 16.5. The molecule has 2 aromatic heterocycles. The Hall–Kier alpha value is -3.90. The minimum absolute atomic E-state index is 0.0174. The molecule has 9 heteroatoms. The Morgan fingerprint density at radius 3 is 2.72 bits per heavy atom. The zero-order valence-electron chi connectivity index (χ0n) is 18.1. The lowest BCUT2D eigenvalue weighted by molar-refractivity contribution is 0.166. The van der Waals surface area contributed by atoms with Gasteiger partial charge in [-0.05, 0) is 37.1 Å². The first kappa shape index (κ1) is 21.3. The Labute approximate surface area is 186 Å². The molecule has 3 heterocycles. The average molecular weight is 432 g/mol. The summed E-state index contributed by atoms with van der Waals surface area (Å²) in [6.07, 6.45) is 5.33. The van der Waals surface area contributed by atoms with Crippen LogP contribution in [0.4, 0.5) is 17.5 Å². The molecule has 0 amide bonds. The molecule has 0 aliphatic carbocycles. The molecule has 1 atom stereocenters. The molecule has 1 aromatic carbocycles. The molecule has 1 aliphatic rings. The first-order valence-corrected chi connectivity index (χ1v) is 10.4. The molecule has 9 nitrogen and oxygen atoms in total. The van der Waals surface area contributed by atoms with E-state index >= 15 is 0 Å². The van der Waals surface area contributed by atoms with Crippen LogP contribution in [0.5, 0.6) is 11.5 Å². The molecule has 0 spiro atoms. The van der Waals surface area contributed by atoms with Gasteiger partial charge >= 0.3 is 0 Å². The van der Waals surface area contributed by atoms with E-state index in [9.17, 15) is 5.26 Å². The fourth-order valence-corrected chi connectivity index (χ4v) is 3.53. The molecular formula is C23H25N7O2. The van der Waals surface area contributed by atoms with Gasteiger partial charge in [-0.25, -0.2) is 9.97 Å². The number of hydrogen-bond donors (Lipinski definition) is 3. The number of nitrogens with one attached hydrogen (secondary N) is 3. The summed E-state index contributed by atoms with van der Waals surface area (Å²) in [4.78, 5) is 13.3. The quantitative estimate of drug-likeness (QED) is 0.518. The molecule has 1 fully saturated rings. The van der Waals surface area contributed by atoms with Gasteiger partial charge in [-0.3, -0.25) is 0 Å². The number of piperidine rings is 1. The van der Waals surface area contributed by atoms with E-state index < -0.39 is 0 Å². The maximum atomic E-state index is 9.40. The van der Waals surface area contributed by atoms with Gasteiger partial charge in [0.1, 0.15) is 23.7 Å². The first-order valence-electron chi connectivity index (χ1n) is 10.4. The van der Waals surface area contributed by atoms with Crippen LogP contribution in [0, 0.1) is 11.3 Å². The molecule has 1 saturated heterocycles. The van der Waals surface area contributed by atoms with Gasteiger partial charge in [0.25, 0.3) is 0 Å². The van der Waals surface area contributed by atoms with Crippen molar-refractivity contribution in [3.8, 4) is 28.7 Å². The van der Waals surface area contributed by atoms with E-state index in [1.165, 1.54) is 0 Å². The minimum Gasteiger partial charge on any atom is -0.497 e. The predicted octanol–water partition coefficient (Wildman–Crippen LogP) is 3.33. The fraction of sp³-hybridized carbons (Fsp3) is 0.304. The summed E-state index contributed by atoms with van der Waals surface area (Å²) < 4.78 is 11.3. The van der Waals surface area contributed by atoms with Crippen LogP contribution in [-0.4, -0.2) is 48.3 Å². The van der Waals surface area contributed by atoms with Crippen molar-refractivity contribution in [2.24, 2.45) is 0 Å². The maximum Gasteiger partial charge on any atom is 0.229 e. The number of pyridine rings is 1. The van der Waals surface area contributed by atoms with Gasteiger partial charge in [0.05, 0.1) is 19.0 Å². The van der Waals surface area contributed by atoms with E-state index in [0.717, 1.165) is 42.8 Å². The van der Waals surface area contributed by atoms with Crippen molar-refractivity contribution in [1.29, 1.82) is 5.26 Å². The van der Waals surface area contributed by atoms with Crippen LogP contribution < -0.4 is 25.4 Å². The summed E-state index contributed by atoms with van der Waals surface area (Å²) in [6, 6.07) is 11.6. The van der Waals surface area contributed by atoms with Crippen molar-refractivity contribution >= 4 is 17.5 Å². The standard InChI is InChI=1S/C23H25N7O2/c1-25-22-19(15-5-7-17(31-2)8-6-15)14-28-23(30-22)29-16-10-21(20(11-24)27-12-16)32-18-4-3-9-26-13-18/h5-8,10,12,14,18,26H,3-4,9,13H2,1-2H3,(H2,25,28,29,30). The van der Waals surface area contributed by atoms with Crippen LogP contribution in [0.3, 0.4) is 0 Å². The zero-order chi connectivity index (χ0) is 22.3. The SMILES string of the molecule is CNc1nc(Nc2cnc(C#N)c(OC3CCCNC3)c2)ncc1-c1ccc(OC)cc1. The summed E-state index contributed by atoms with van der Waals surface area (Å²) in [7, 11) is 3.45. The third kappa shape index (κ3) is 4.87. The third-order valence-corrected chi connectivity index (χ3v) is 5.19. The van der Waals surface area contributed by atoms with Crippen LogP contribution in [0.1, 0.15) is 18.5 Å². The van der Waals surface area contributed by atoms with Crippen molar-refractivity contribution in [3.63, 3.8) is 0 Å². The van der Waals surface area contributed by atoms with Crippen LogP contribution in [0.2, 0.25) is 0 Å². The summed E-state index contributed by atoms with van der Waals surface area (Å²) >= 11 is 0. The van der Waals surface area contributed by atoms with E-state index in [1.54, 1.807) is 25.6 Å². The van der Waals surface area contributed by atoms with Crippen LogP contribution in [0.15, 0.2) is 42.7 Å². The Bertz CT molecular complexity index is 1110.